The van der Waals surface area contributed by atoms with Crippen molar-refractivity contribution < 1.29 is 9.21 Å². The minimum Gasteiger partial charge on any atom is -0.467 e. The van der Waals surface area contributed by atoms with Crippen LogP contribution in [0.1, 0.15) is 21.7 Å². The molecule has 0 fully saturated rings. The number of nitrogens with zero attached hydrogens (tertiary/aromatic N) is 3. The molecule has 0 radical (unpaired) electrons. The average Bonchev–Trinajstić information content (AvgIpc) is 3.14. The van der Waals surface area contributed by atoms with Gasteiger partial charge in [-0.05, 0) is 36.4 Å². The van der Waals surface area contributed by atoms with Gasteiger partial charge in [0.05, 0.1) is 30.0 Å². The number of hydrogen-bond acceptors (Lipinski definition) is 6. The highest BCUT2D eigenvalue weighted by Gasteiger charge is 2.08. The highest BCUT2D eigenvalue weighted by atomic mass is 16.3. The SMILES string of the molecule is N#Cc1ccc(Nc2ncc(C(=O)NCc3ccco3)cn2)cc1. The van der Waals surface area contributed by atoms with Crippen LogP contribution in [-0.2, 0) is 6.54 Å². The van der Waals surface area contributed by atoms with Crippen LogP contribution in [0.15, 0.2) is 59.5 Å². The van der Waals surface area contributed by atoms with Gasteiger partial charge in [0.2, 0.25) is 5.95 Å². The van der Waals surface area contributed by atoms with E-state index >= 15 is 0 Å². The van der Waals surface area contributed by atoms with Crippen molar-refractivity contribution in [3.8, 4) is 6.07 Å². The number of benzene rings is 1. The Bertz CT molecular complexity index is 850. The fourth-order valence-electron chi connectivity index (χ4n) is 1.95. The standard InChI is InChI=1S/C17H13N5O2/c18-8-12-3-5-14(6-4-12)22-17-20-9-13(10-21-17)16(23)19-11-15-2-1-7-24-15/h1-7,9-10H,11H2,(H,19,23)(H,20,21,22). The van der Waals surface area contributed by atoms with E-state index in [1.165, 1.54) is 12.4 Å². The van der Waals surface area contributed by atoms with Gasteiger partial charge in [-0.1, -0.05) is 0 Å². The average molecular weight is 319 g/mol. The fourth-order valence-corrected chi connectivity index (χ4v) is 1.95. The van der Waals surface area contributed by atoms with Gasteiger partial charge in [0.15, 0.2) is 0 Å². The molecule has 0 aliphatic rings. The maximum atomic E-state index is 12.0. The minimum atomic E-state index is -0.281. The molecule has 0 bridgehead atoms. The number of carbonyl (C=O) groups excluding carboxylic acids is 1. The second kappa shape index (κ2) is 7.07. The summed E-state index contributed by atoms with van der Waals surface area (Å²) < 4.78 is 5.15. The molecule has 0 spiro atoms. The summed E-state index contributed by atoms with van der Waals surface area (Å²) in [5, 5.41) is 14.5. The Hall–Kier alpha value is -3.66. The normalized spacial score (nSPS) is 9.96. The van der Waals surface area contributed by atoms with Crippen LogP contribution in [0, 0.1) is 11.3 Å². The summed E-state index contributed by atoms with van der Waals surface area (Å²) in [6.45, 7) is 0.303. The second-order valence-corrected chi connectivity index (χ2v) is 4.87. The van der Waals surface area contributed by atoms with Crippen molar-refractivity contribution in [3.05, 3.63) is 71.9 Å². The molecule has 2 N–H and O–H groups in total. The molecule has 0 saturated carbocycles. The van der Waals surface area contributed by atoms with Crippen molar-refractivity contribution in [2.75, 3.05) is 5.32 Å². The lowest BCUT2D eigenvalue weighted by Gasteiger charge is -2.06. The molecule has 3 rings (SSSR count). The Kier molecular flexibility index (Phi) is 4.49. The summed E-state index contributed by atoms with van der Waals surface area (Å²) in [4.78, 5) is 20.2. The molecule has 2 aromatic heterocycles. The Morgan fingerprint density at radius 3 is 2.54 bits per heavy atom. The lowest BCUT2D eigenvalue weighted by atomic mass is 10.2. The quantitative estimate of drug-likeness (QED) is 0.749. The van der Waals surface area contributed by atoms with Gasteiger partial charge in [0.25, 0.3) is 5.91 Å². The van der Waals surface area contributed by atoms with Crippen LogP contribution >= 0.6 is 0 Å². The highest BCUT2D eigenvalue weighted by Crippen LogP contribution is 2.13. The van der Waals surface area contributed by atoms with Crippen molar-refractivity contribution in [1.29, 1.82) is 5.26 Å². The number of nitrogens with one attached hydrogen (secondary N) is 2. The zero-order chi connectivity index (χ0) is 16.8. The van der Waals surface area contributed by atoms with Crippen LogP contribution in [0.4, 0.5) is 11.6 Å². The summed E-state index contributed by atoms with van der Waals surface area (Å²) in [5.74, 6) is 0.752. The first kappa shape index (κ1) is 15.2. The molecule has 2 heterocycles. The van der Waals surface area contributed by atoms with Crippen LogP contribution in [-0.4, -0.2) is 15.9 Å². The molecule has 0 aliphatic carbocycles. The summed E-state index contributed by atoms with van der Waals surface area (Å²) in [6, 6.07) is 12.5. The number of anilines is 2. The Labute approximate surface area is 138 Å². The van der Waals surface area contributed by atoms with E-state index in [4.69, 9.17) is 9.68 Å². The summed E-state index contributed by atoms with van der Waals surface area (Å²) in [7, 11) is 0. The molecule has 7 nitrogen and oxygen atoms in total. The zero-order valence-electron chi connectivity index (χ0n) is 12.6. The monoisotopic (exact) mass is 319 g/mol. The molecule has 0 aliphatic heterocycles. The molecule has 0 atom stereocenters. The van der Waals surface area contributed by atoms with E-state index in [9.17, 15) is 4.79 Å². The number of hydrogen-bond donors (Lipinski definition) is 2. The molecule has 7 heteroatoms. The summed E-state index contributed by atoms with van der Waals surface area (Å²) in [5.41, 5.74) is 1.68. The largest absolute Gasteiger partial charge is 0.467 e. The molecule has 0 saturated heterocycles. The van der Waals surface area contributed by atoms with Crippen molar-refractivity contribution in [3.63, 3.8) is 0 Å². The third kappa shape index (κ3) is 3.75. The van der Waals surface area contributed by atoms with Crippen molar-refractivity contribution in [2.24, 2.45) is 0 Å². The maximum absolute atomic E-state index is 12.0. The third-order valence-corrected chi connectivity index (χ3v) is 3.19. The van der Waals surface area contributed by atoms with Crippen LogP contribution in [0.2, 0.25) is 0 Å². The van der Waals surface area contributed by atoms with Crippen LogP contribution < -0.4 is 10.6 Å². The van der Waals surface area contributed by atoms with Gasteiger partial charge < -0.3 is 15.1 Å². The predicted molar refractivity (Wildman–Crippen MR) is 86.3 cm³/mol. The van der Waals surface area contributed by atoms with E-state index in [-0.39, 0.29) is 5.91 Å². The van der Waals surface area contributed by atoms with Gasteiger partial charge in [-0.25, -0.2) is 9.97 Å². The molecule has 1 aromatic carbocycles. The molecular formula is C17H13N5O2. The van der Waals surface area contributed by atoms with E-state index in [1.807, 2.05) is 6.07 Å². The maximum Gasteiger partial charge on any atom is 0.254 e. The van der Waals surface area contributed by atoms with Gasteiger partial charge in [0, 0.05) is 18.1 Å². The van der Waals surface area contributed by atoms with Gasteiger partial charge in [-0.15, -0.1) is 0 Å². The van der Waals surface area contributed by atoms with Crippen LogP contribution in [0.25, 0.3) is 0 Å². The summed E-state index contributed by atoms with van der Waals surface area (Å²) >= 11 is 0. The lowest BCUT2D eigenvalue weighted by molar-refractivity contribution is 0.0947. The minimum absolute atomic E-state index is 0.281. The number of nitriles is 1. The Morgan fingerprint density at radius 1 is 1.17 bits per heavy atom. The Balaban J connectivity index is 1.60. The lowest BCUT2D eigenvalue weighted by Crippen LogP contribution is -2.22. The highest BCUT2D eigenvalue weighted by molar-refractivity contribution is 5.93. The fraction of sp³-hybridized carbons (Fsp3) is 0.0588. The number of furan rings is 1. The summed E-state index contributed by atoms with van der Waals surface area (Å²) in [6.07, 6.45) is 4.43. The third-order valence-electron chi connectivity index (χ3n) is 3.19. The Morgan fingerprint density at radius 2 is 1.92 bits per heavy atom. The zero-order valence-corrected chi connectivity index (χ0v) is 12.6. The van der Waals surface area contributed by atoms with Crippen molar-refractivity contribution in [2.45, 2.75) is 6.54 Å². The van der Waals surface area contributed by atoms with E-state index < -0.39 is 0 Å². The van der Waals surface area contributed by atoms with Crippen LogP contribution in [0.5, 0.6) is 0 Å². The number of amides is 1. The molecule has 118 valence electrons. The number of carbonyl (C=O) groups is 1. The second-order valence-electron chi connectivity index (χ2n) is 4.87. The molecule has 0 unspecified atom stereocenters. The first-order valence-electron chi connectivity index (χ1n) is 7.14. The van der Waals surface area contributed by atoms with Gasteiger partial charge in [-0.2, -0.15) is 5.26 Å². The first-order valence-corrected chi connectivity index (χ1v) is 7.14. The van der Waals surface area contributed by atoms with Crippen LogP contribution in [0.3, 0.4) is 0 Å². The molecule has 24 heavy (non-hydrogen) atoms. The first-order chi connectivity index (χ1) is 11.7. The van der Waals surface area contributed by atoms with Gasteiger partial charge >= 0.3 is 0 Å². The molecule has 1 amide bonds. The number of rotatable bonds is 5. The van der Waals surface area contributed by atoms with Gasteiger partial charge in [-0.3, -0.25) is 4.79 Å². The van der Waals surface area contributed by atoms with Crippen molar-refractivity contribution >= 4 is 17.5 Å². The topological polar surface area (TPSA) is 104 Å². The van der Waals surface area contributed by atoms with E-state index in [0.29, 0.717) is 29.4 Å². The smallest absolute Gasteiger partial charge is 0.254 e. The van der Waals surface area contributed by atoms with E-state index in [0.717, 1.165) is 5.69 Å². The van der Waals surface area contributed by atoms with E-state index in [2.05, 4.69) is 20.6 Å². The number of aromatic nitrogens is 2. The molecule has 3 aromatic rings. The van der Waals surface area contributed by atoms with Gasteiger partial charge in [0.1, 0.15) is 5.76 Å². The van der Waals surface area contributed by atoms with E-state index in [1.54, 1.807) is 42.7 Å². The van der Waals surface area contributed by atoms with Crippen molar-refractivity contribution in [1.82, 2.24) is 15.3 Å². The molecular weight excluding hydrogens is 306 g/mol. The predicted octanol–water partition coefficient (Wildman–Crippen LogP) is 2.61.